The summed E-state index contributed by atoms with van der Waals surface area (Å²) in [6.07, 6.45) is -3.54. The Hall–Kier alpha value is -2.12. The summed E-state index contributed by atoms with van der Waals surface area (Å²) in [6, 6.07) is 2.02. The molecule has 0 atom stereocenters. The number of hydrogen-bond acceptors (Lipinski definition) is 5. The molecule has 2 aromatic rings. The molecule has 0 bridgehead atoms. The topological polar surface area (TPSA) is 61.0 Å². The van der Waals surface area contributed by atoms with Gasteiger partial charge in [-0.15, -0.1) is 0 Å². The molecule has 18 heavy (non-hydrogen) atoms. The van der Waals surface area contributed by atoms with E-state index in [-0.39, 0.29) is 12.6 Å². The number of nitrogens with zero attached hydrogens (tertiary/aromatic N) is 3. The molecule has 0 saturated carbocycles. The maximum absolute atomic E-state index is 12.4. The molecule has 0 aliphatic rings. The zero-order valence-corrected chi connectivity index (χ0v) is 9.23. The summed E-state index contributed by atoms with van der Waals surface area (Å²) < 4.78 is 46.9. The number of aryl methyl sites for hydroxylation is 1. The smallest absolute Gasteiger partial charge is 0.433 e. The van der Waals surface area contributed by atoms with Gasteiger partial charge in [0.15, 0.2) is 5.69 Å². The lowest BCUT2D eigenvalue weighted by atomic mass is 10.4. The third-order valence-corrected chi connectivity index (χ3v) is 1.95. The quantitative estimate of drug-likeness (QED) is 0.846. The molecular formula is C10H8F3N3O2. The average Bonchev–Trinajstić information content (AvgIpc) is 2.72. The van der Waals surface area contributed by atoms with Crippen molar-refractivity contribution in [2.24, 2.45) is 0 Å². The first-order valence-corrected chi connectivity index (χ1v) is 4.90. The Balaban J connectivity index is 2.06. The SMILES string of the molecule is Cc1cc(COc2nccc(C(F)(F)F)n2)no1. The molecule has 0 spiro atoms. The van der Waals surface area contributed by atoms with Gasteiger partial charge in [0.2, 0.25) is 0 Å². The van der Waals surface area contributed by atoms with Crippen LogP contribution < -0.4 is 4.74 Å². The molecule has 0 saturated heterocycles. The van der Waals surface area contributed by atoms with Crippen LogP contribution in [0.2, 0.25) is 0 Å². The van der Waals surface area contributed by atoms with E-state index in [1.165, 1.54) is 0 Å². The fraction of sp³-hybridized carbons (Fsp3) is 0.300. The molecule has 2 rings (SSSR count). The molecule has 0 aliphatic carbocycles. The Morgan fingerprint density at radius 1 is 1.39 bits per heavy atom. The fourth-order valence-electron chi connectivity index (χ4n) is 1.19. The normalized spacial score (nSPS) is 11.6. The van der Waals surface area contributed by atoms with Gasteiger partial charge in [-0.3, -0.25) is 0 Å². The zero-order chi connectivity index (χ0) is 13.2. The molecule has 0 amide bonds. The lowest BCUT2D eigenvalue weighted by Gasteiger charge is -2.06. The number of aromatic nitrogens is 3. The molecule has 0 radical (unpaired) electrons. The van der Waals surface area contributed by atoms with Crippen LogP contribution in [0.1, 0.15) is 17.1 Å². The first-order chi connectivity index (χ1) is 8.45. The molecule has 5 nitrogen and oxygen atoms in total. The molecule has 2 heterocycles. The van der Waals surface area contributed by atoms with Crippen LogP contribution in [0.4, 0.5) is 13.2 Å². The maximum Gasteiger partial charge on any atom is 0.433 e. The minimum atomic E-state index is -4.52. The lowest BCUT2D eigenvalue weighted by molar-refractivity contribution is -0.141. The van der Waals surface area contributed by atoms with Crippen molar-refractivity contribution in [2.75, 3.05) is 0 Å². The molecule has 2 aromatic heterocycles. The Kier molecular flexibility index (Phi) is 3.17. The van der Waals surface area contributed by atoms with Gasteiger partial charge in [-0.1, -0.05) is 5.16 Å². The second kappa shape index (κ2) is 4.63. The van der Waals surface area contributed by atoms with E-state index in [4.69, 9.17) is 9.26 Å². The Labute approximate surface area is 99.6 Å². The van der Waals surface area contributed by atoms with Gasteiger partial charge in [0.1, 0.15) is 18.1 Å². The van der Waals surface area contributed by atoms with E-state index in [1.54, 1.807) is 13.0 Å². The van der Waals surface area contributed by atoms with Crippen LogP contribution in [0.15, 0.2) is 22.9 Å². The Morgan fingerprint density at radius 3 is 2.78 bits per heavy atom. The highest BCUT2D eigenvalue weighted by molar-refractivity contribution is 5.09. The van der Waals surface area contributed by atoms with Crippen LogP contribution >= 0.6 is 0 Å². The number of alkyl halides is 3. The van der Waals surface area contributed by atoms with E-state index in [0.29, 0.717) is 11.5 Å². The van der Waals surface area contributed by atoms with Gasteiger partial charge in [0.05, 0.1) is 0 Å². The summed E-state index contributed by atoms with van der Waals surface area (Å²) in [6.45, 7) is 1.63. The standard InChI is InChI=1S/C10H8F3N3O2/c1-6-4-7(16-18-6)5-17-9-14-3-2-8(15-9)10(11,12)13/h2-4H,5H2,1H3. The van der Waals surface area contributed by atoms with Crippen molar-refractivity contribution in [3.05, 3.63) is 35.5 Å². The van der Waals surface area contributed by atoms with Crippen LogP contribution in [-0.4, -0.2) is 15.1 Å². The summed E-state index contributed by atoms with van der Waals surface area (Å²) in [4.78, 5) is 6.83. The van der Waals surface area contributed by atoms with Gasteiger partial charge in [0.25, 0.3) is 0 Å². The average molecular weight is 259 g/mol. The van der Waals surface area contributed by atoms with Crippen molar-refractivity contribution in [3.63, 3.8) is 0 Å². The van der Waals surface area contributed by atoms with E-state index >= 15 is 0 Å². The number of halogens is 3. The highest BCUT2D eigenvalue weighted by Gasteiger charge is 2.33. The van der Waals surface area contributed by atoms with Crippen molar-refractivity contribution >= 4 is 0 Å². The lowest BCUT2D eigenvalue weighted by Crippen LogP contribution is -2.10. The Bertz CT molecular complexity index is 539. The predicted octanol–water partition coefficient (Wildman–Crippen LogP) is 2.37. The predicted molar refractivity (Wildman–Crippen MR) is 52.6 cm³/mol. The molecule has 0 fully saturated rings. The van der Waals surface area contributed by atoms with Gasteiger partial charge in [-0.05, 0) is 13.0 Å². The van der Waals surface area contributed by atoms with Crippen LogP contribution in [-0.2, 0) is 12.8 Å². The van der Waals surface area contributed by atoms with Crippen molar-refractivity contribution in [3.8, 4) is 6.01 Å². The molecule has 96 valence electrons. The Morgan fingerprint density at radius 2 is 2.17 bits per heavy atom. The van der Waals surface area contributed by atoms with E-state index in [2.05, 4.69) is 15.1 Å². The molecule has 0 unspecified atom stereocenters. The van der Waals surface area contributed by atoms with Crippen LogP contribution in [0.5, 0.6) is 6.01 Å². The zero-order valence-electron chi connectivity index (χ0n) is 9.23. The minimum Gasteiger partial charge on any atom is -0.457 e. The van der Waals surface area contributed by atoms with E-state index in [0.717, 1.165) is 12.3 Å². The third kappa shape index (κ3) is 2.96. The van der Waals surface area contributed by atoms with Crippen molar-refractivity contribution in [1.82, 2.24) is 15.1 Å². The largest absolute Gasteiger partial charge is 0.457 e. The summed E-state index contributed by atoms with van der Waals surface area (Å²) in [7, 11) is 0. The third-order valence-electron chi connectivity index (χ3n) is 1.95. The number of ether oxygens (including phenoxy) is 1. The molecule has 0 aromatic carbocycles. The van der Waals surface area contributed by atoms with E-state index < -0.39 is 11.9 Å². The van der Waals surface area contributed by atoms with E-state index in [9.17, 15) is 13.2 Å². The van der Waals surface area contributed by atoms with Crippen molar-refractivity contribution in [1.29, 1.82) is 0 Å². The van der Waals surface area contributed by atoms with Gasteiger partial charge in [0, 0.05) is 12.3 Å². The van der Waals surface area contributed by atoms with E-state index in [1.807, 2.05) is 0 Å². The second-order valence-corrected chi connectivity index (χ2v) is 3.44. The van der Waals surface area contributed by atoms with Gasteiger partial charge in [-0.25, -0.2) is 4.98 Å². The van der Waals surface area contributed by atoms with Crippen LogP contribution in [0, 0.1) is 6.92 Å². The number of hydrogen-bond donors (Lipinski definition) is 0. The summed E-state index contributed by atoms with van der Waals surface area (Å²) in [5, 5.41) is 3.62. The number of rotatable bonds is 3. The van der Waals surface area contributed by atoms with Gasteiger partial charge >= 0.3 is 12.2 Å². The summed E-state index contributed by atoms with van der Waals surface area (Å²) in [5.41, 5.74) is -0.600. The second-order valence-electron chi connectivity index (χ2n) is 3.44. The van der Waals surface area contributed by atoms with Gasteiger partial charge < -0.3 is 9.26 Å². The monoisotopic (exact) mass is 259 g/mol. The van der Waals surface area contributed by atoms with Crippen molar-refractivity contribution in [2.45, 2.75) is 19.7 Å². The molecular weight excluding hydrogens is 251 g/mol. The maximum atomic E-state index is 12.4. The first-order valence-electron chi connectivity index (χ1n) is 4.90. The molecule has 8 heteroatoms. The molecule has 0 aliphatic heterocycles. The summed E-state index contributed by atoms with van der Waals surface area (Å²) >= 11 is 0. The highest BCUT2D eigenvalue weighted by Crippen LogP contribution is 2.27. The fourth-order valence-corrected chi connectivity index (χ4v) is 1.19. The first kappa shape index (κ1) is 12.3. The van der Waals surface area contributed by atoms with Crippen LogP contribution in [0.3, 0.4) is 0 Å². The van der Waals surface area contributed by atoms with Gasteiger partial charge in [-0.2, -0.15) is 18.2 Å². The summed E-state index contributed by atoms with van der Waals surface area (Å²) in [5.74, 6) is 0.582. The molecule has 0 N–H and O–H groups in total. The van der Waals surface area contributed by atoms with Crippen molar-refractivity contribution < 1.29 is 22.4 Å². The van der Waals surface area contributed by atoms with Crippen LogP contribution in [0.25, 0.3) is 0 Å². The highest BCUT2D eigenvalue weighted by atomic mass is 19.4. The minimum absolute atomic E-state index is 0.0569.